The lowest BCUT2D eigenvalue weighted by molar-refractivity contribution is -0.137. The Morgan fingerprint density at radius 3 is 3.11 bits per heavy atom. The average Bonchev–Trinajstić information content (AvgIpc) is 2.38. The molecule has 1 atom stereocenters. The average molecular weight is 243 g/mol. The molecule has 0 aliphatic carbocycles. The largest absolute Gasteiger partial charge is 0.481 e. The summed E-state index contributed by atoms with van der Waals surface area (Å²) in [6.07, 6.45) is 3.88. The molecule has 1 aromatic rings. The lowest BCUT2D eigenvalue weighted by Crippen LogP contribution is -2.24. The van der Waals surface area contributed by atoms with Gasteiger partial charge in [0.05, 0.1) is 6.42 Å². The van der Waals surface area contributed by atoms with Gasteiger partial charge in [0.1, 0.15) is 11.5 Å². The van der Waals surface area contributed by atoms with E-state index in [1.54, 1.807) is 0 Å². The van der Waals surface area contributed by atoms with Gasteiger partial charge in [0.25, 0.3) is 0 Å². The standard InChI is InChI=1S/C14H13NO3/c16-14(17)7-10-9-3-1-2-4-12(9)18-13-5-6-15-8-11(10)13/h1-5,8,10,15H,6-7H2,(H,16,17). The third-order valence-electron chi connectivity index (χ3n) is 3.22. The van der Waals surface area contributed by atoms with E-state index in [4.69, 9.17) is 9.84 Å². The van der Waals surface area contributed by atoms with Crippen molar-refractivity contribution < 1.29 is 14.6 Å². The summed E-state index contributed by atoms with van der Waals surface area (Å²) in [5.74, 6) is 0.585. The van der Waals surface area contributed by atoms with Crippen molar-refractivity contribution in [3.05, 3.63) is 53.4 Å². The van der Waals surface area contributed by atoms with Crippen LogP contribution in [0.2, 0.25) is 0 Å². The van der Waals surface area contributed by atoms with E-state index < -0.39 is 5.97 Å². The number of hydrogen-bond donors (Lipinski definition) is 2. The number of hydrogen-bond acceptors (Lipinski definition) is 3. The second-order valence-electron chi connectivity index (χ2n) is 4.37. The van der Waals surface area contributed by atoms with E-state index in [2.05, 4.69) is 5.32 Å². The summed E-state index contributed by atoms with van der Waals surface area (Å²) in [4.78, 5) is 11.0. The minimum absolute atomic E-state index is 0.0746. The van der Waals surface area contributed by atoms with Crippen LogP contribution in [-0.2, 0) is 4.79 Å². The van der Waals surface area contributed by atoms with Crippen molar-refractivity contribution in [1.29, 1.82) is 0 Å². The monoisotopic (exact) mass is 243 g/mol. The van der Waals surface area contributed by atoms with Gasteiger partial charge in [-0.15, -0.1) is 0 Å². The van der Waals surface area contributed by atoms with Crippen LogP contribution in [0.15, 0.2) is 47.9 Å². The summed E-state index contributed by atoms with van der Waals surface area (Å²) in [6.45, 7) is 0.709. The molecule has 2 aliphatic heterocycles. The van der Waals surface area contributed by atoms with Gasteiger partial charge in [-0.25, -0.2) is 0 Å². The molecule has 0 saturated heterocycles. The fourth-order valence-electron chi connectivity index (χ4n) is 2.42. The highest BCUT2D eigenvalue weighted by molar-refractivity contribution is 5.70. The van der Waals surface area contributed by atoms with Crippen LogP contribution in [0.1, 0.15) is 17.9 Å². The Bertz CT molecular complexity index is 560. The summed E-state index contributed by atoms with van der Waals surface area (Å²) in [5, 5.41) is 12.2. The highest BCUT2D eigenvalue weighted by Gasteiger charge is 2.31. The number of rotatable bonds is 2. The maximum Gasteiger partial charge on any atom is 0.304 e. The number of para-hydroxylation sites is 1. The fourth-order valence-corrected chi connectivity index (χ4v) is 2.42. The third kappa shape index (κ3) is 1.76. The van der Waals surface area contributed by atoms with Crippen LogP contribution >= 0.6 is 0 Å². The molecule has 4 heteroatoms. The molecule has 0 aromatic heterocycles. The van der Waals surface area contributed by atoms with Crippen molar-refractivity contribution in [2.45, 2.75) is 12.3 Å². The van der Waals surface area contributed by atoms with Gasteiger partial charge in [0.2, 0.25) is 0 Å². The van der Waals surface area contributed by atoms with Gasteiger partial charge in [-0.1, -0.05) is 18.2 Å². The molecule has 0 amide bonds. The van der Waals surface area contributed by atoms with E-state index in [0.29, 0.717) is 6.54 Å². The van der Waals surface area contributed by atoms with Crippen molar-refractivity contribution in [3.8, 4) is 5.75 Å². The predicted molar refractivity (Wildman–Crippen MR) is 66.2 cm³/mol. The summed E-state index contributed by atoms with van der Waals surface area (Å²) in [5.41, 5.74) is 1.86. The summed E-state index contributed by atoms with van der Waals surface area (Å²) < 4.78 is 5.81. The molecule has 0 fully saturated rings. The highest BCUT2D eigenvalue weighted by Crippen LogP contribution is 2.43. The first kappa shape index (κ1) is 10.9. The van der Waals surface area contributed by atoms with E-state index in [-0.39, 0.29) is 12.3 Å². The maximum absolute atomic E-state index is 11.0. The highest BCUT2D eigenvalue weighted by atomic mass is 16.5. The first-order valence-electron chi connectivity index (χ1n) is 5.88. The van der Waals surface area contributed by atoms with Gasteiger partial charge < -0.3 is 15.2 Å². The Hall–Kier alpha value is -2.23. The lowest BCUT2D eigenvalue weighted by Gasteiger charge is -2.31. The van der Waals surface area contributed by atoms with Gasteiger partial charge in [-0.3, -0.25) is 4.79 Å². The molecular formula is C14H13NO3. The van der Waals surface area contributed by atoms with Crippen molar-refractivity contribution in [2.75, 3.05) is 6.54 Å². The zero-order chi connectivity index (χ0) is 12.5. The van der Waals surface area contributed by atoms with Crippen LogP contribution in [0.4, 0.5) is 0 Å². The van der Waals surface area contributed by atoms with E-state index in [1.165, 1.54) is 0 Å². The molecule has 92 valence electrons. The van der Waals surface area contributed by atoms with E-state index in [1.807, 2.05) is 36.5 Å². The Morgan fingerprint density at radius 1 is 1.44 bits per heavy atom. The number of nitrogens with one attached hydrogen (secondary N) is 1. The molecule has 1 aromatic carbocycles. The van der Waals surface area contributed by atoms with Gasteiger partial charge in [0.15, 0.2) is 0 Å². The number of carboxylic acids is 1. The zero-order valence-corrected chi connectivity index (χ0v) is 9.72. The SMILES string of the molecule is O=C(O)CC1C2=CNCC=C2Oc2ccccc21. The molecule has 0 bridgehead atoms. The molecule has 1 unspecified atom stereocenters. The Labute approximate surface area is 105 Å². The van der Waals surface area contributed by atoms with Crippen LogP contribution in [0, 0.1) is 0 Å². The van der Waals surface area contributed by atoms with Crippen LogP contribution in [0.5, 0.6) is 5.75 Å². The number of benzene rings is 1. The van der Waals surface area contributed by atoms with Crippen molar-refractivity contribution >= 4 is 5.97 Å². The zero-order valence-electron chi connectivity index (χ0n) is 9.72. The van der Waals surface area contributed by atoms with Crippen LogP contribution in [0.25, 0.3) is 0 Å². The normalized spacial score (nSPS) is 20.6. The summed E-state index contributed by atoms with van der Waals surface area (Å²) >= 11 is 0. The molecule has 2 N–H and O–H groups in total. The lowest BCUT2D eigenvalue weighted by atomic mass is 9.84. The molecule has 3 rings (SSSR count). The quantitative estimate of drug-likeness (QED) is 0.834. The minimum atomic E-state index is -0.803. The molecule has 2 heterocycles. The number of allylic oxidation sites excluding steroid dienone is 1. The Morgan fingerprint density at radius 2 is 2.28 bits per heavy atom. The molecule has 0 saturated carbocycles. The Balaban J connectivity index is 2.09. The number of fused-ring (bicyclic) bond motifs is 2. The smallest absolute Gasteiger partial charge is 0.304 e. The fraction of sp³-hybridized carbons (Fsp3) is 0.214. The maximum atomic E-state index is 11.0. The number of ether oxygens (including phenoxy) is 1. The van der Waals surface area contributed by atoms with Gasteiger partial charge >= 0.3 is 5.97 Å². The van der Waals surface area contributed by atoms with Gasteiger partial charge in [0, 0.05) is 29.8 Å². The van der Waals surface area contributed by atoms with Crippen LogP contribution < -0.4 is 10.1 Å². The van der Waals surface area contributed by atoms with Gasteiger partial charge in [-0.2, -0.15) is 0 Å². The second-order valence-corrected chi connectivity index (χ2v) is 4.37. The molecule has 18 heavy (non-hydrogen) atoms. The van der Waals surface area contributed by atoms with E-state index in [0.717, 1.165) is 22.6 Å². The predicted octanol–water partition coefficient (Wildman–Crippen LogP) is 2.01. The third-order valence-corrected chi connectivity index (χ3v) is 3.22. The second kappa shape index (κ2) is 4.22. The molecule has 4 nitrogen and oxygen atoms in total. The molecule has 0 spiro atoms. The van der Waals surface area contributed by atoms with E-state index in [9.17, 15) is 4.79 Å². The van der Waals surface area contributed by atoms with Gasteiger partial charge in [-0.05, 0) is 12.1 Å². The van der Waals surface area contributed by atoms with Crippen LogP contribution in [-0.4, -0.2) is 17.6 Å². The molecule has 2 aliphatic rings. The van der Waals surface area contributed by atoms with Crippen molar-refractivity contribution in [3.63, 3.8) is 0 Å². The van der Waals surface area contributed by atoms with Crippen LogP contribution in [0.3, 0.4) is 0 Å². The molecular weight excluding hydrogens is 230 g/mol. The number of dihydropyridines is 1. The number of aliphatic carboxylic acids is 1. The minimum Gasteiger partial charge on any atom is -0.481 e. The topological polar surface area (TPSA) is 58.6 Å². The van der Waals surface area contributed by atoms with Crippen molar-refractivity contribution in [1.82, 2.24) is 5.32 Å². The summed E-state index contributed by atoms with van der Waals surface area (Å²) in [6, 6.07) is 7.61. The van der Waals surface area contributed by atoms with E-state index >= 15 is 0 Å². The molecule has 0 radical (unpaired) electrons. The number of carboxylic acid groups (broad SMARTS) is 1. The first-order valence-corrected chi connectivity index (χ1v) is 5.88. The number of carbonyl (C=O) groups is 1. The summed E-state index contributed by atoms with van der Waals surface area (Å²) in [7, 11) is 0. The first-order chi connectivity index (χ1) is 8.75. The van der Waals surface area contributed by atoms with Crippen molar-refractivity contribution in [2.24, 2.45) is 0 Å². The Kier molecular flexibility index (Phi) is 2.55.